The third kappa shape index (κ3) is 4.05. The summed E-state index contributed by atoms with van der Waals surface area (Å²) < 4.78 is 0. The van der Waals surface area contributed by atoms with Crippen molar-refractivity contribution in [1.29, 1.82) is 0 Å². The highest BCUT2D eigenvalue weighted by Gasteiger charge is 2.35. The lowest BCUT2D eigenvalue weighted by molar-refractivity contribution is -0.129. The molecule has 1 aromatic rings. The first-order chi connectivity index (χ1) is 9.78. The standard InChI is InChI=1S/C17H27N3O/c1-13-7-6-8-14(9-13)16-18-10-15(21)20(16)12-17(2,3)11-19(4)5/h6-9,16,18H,10-12H2,1-5H3. The summed E-state index contributed by atoms with van der Waals surface area (Å²) in [6.45, 7) is 8.65. The Morgan fingerprint density at radius 2 is 2.10 bits per heavy atom. The van der Waals surface area contributed by atoms with Crippen LogP contribution in [0.4, 0.5) is 0 Å². The molecular weight excluding hydrogens is 262 g/mol. The molecule has 0 saturated carbocycles. The van der Waals surface area contributed by atoms with Crippen LogP contribution in [0.2, 0.25) is 0 Å². The fourth-order valence-corrected chi connectivity index (χ4v) is 3.22. The number of amides is 1. The Kier molecular flexibility index (Phi) is 4.69. The molecule has 116 valence electrons. The molecule has 1 heterocycles. The van der Waals surface area contributed by atoms with Crippen molar-refractivity contribution in [2.75, 3.05) is 33.7 Å². The number of hydrogen-bond acceptors (Lipinski definition) is 3. The first-order valence-corrected chi connectivity index (χ1v) is 7.53. The van der Waals surface area contributed by atoms with Crippen molar-refractivity contribution in [2.24, 2.45) is 5.41 Å². The van der Waals surface area contributed by atoms with Crippen LogP contribution in [0.15, 0.2) is 24.3 Å². The van der Waals surface area contributed by atoms with Gasteiger partial charge in [-0.25, -0.2) is 0 Å². The van der Waals surface area contributed by atoms with Gasteiger partial charge in [-0.1, -0.05) is 43.7 Å². The molecule has 1 aliphatic rings. The van der Waals surface area contributed by atoms with E-state index in [1.807, 2.05) is 4.90 Å². The molecule has 1 unspecified atom stereocenters. The average molecular weight is 289 g/mol. The minimum atomic E-state index is -0.00108. The van der Waals surface area contributed by atoms with Crippen LogP contribution in [0.25, 0.3) is 0 Å². The van der Waals surface area contributed by atoms with Crippen molar-refractivity contribution >= 4 is 5.91 Å². The Hall–Kier alpha value is -1.39. The Morgan fingerprint density at radius 3 is 2.71 bits per heavy atom. The number of rotatable bonds is 5. The van der Waals surface area contributed by atoms with Crippen LogP contribution >= 0.6 is 0 Å². The predicted octanol–water partition coefficient (Wildman–Crippen LogP) is 2.01. The maximum absolute atomic E-state index is 12.3. The molecule has 0 aliphatic carbocycles. The molecule has 21 heavy (non-hydrogen) atoms. The lowest BCUT2D eigenvalue weighted by Gasteiger charge is -2.35. The fraction of sp³-hybridized carbons (Fsp3) is 0.588. The number of nitrogens with zero attached hydrogens (tertiary/aromatic N) is 2. The van der Waals surface area contributed by atoms with Crippen LogP contribution in [0, 0.1) is 12.3 Å². The van der Waals surface area contributed by atoms with E-state index in [4.69, 9.17) is 0 Å². The minimum Gasteiger partial charge on any atom is -0.321 e. The molecule has 0 spiro atoms. The zero-order valence-corrected chi connectivity index (χ0v) is 13.8. The lowest BCUT2D eigenvalue weighted by atomic mass is 9.91. The van der Waals surface area contributed by atoms with Gasteiger partial charge in [0.1, 0.15) is 6.17 Å². The molecule has 1 fully saturated rings. The van der Waals surface area contributed by atoms with Crippen LogP contribution < -0.4 is 5.32 Å². The topological polar surface area (TPSA) is 35.6 Å². The maximum Gasteiger partial charge on any atom is 0.238 e. The maximum atomic E-state index is 12.3. The average Bonchev–Trinajstić information content (AvgIpc) is 2.69. The van der Waals surface area contributed by atoms with E-state index in [-0.39, 0.29) is 17.5 Å². The van der Waals surface area contributed by atoms with E-state index in [0.717, 1.165) is 13.1 Å². The molecule has 1 N–H and O–H groups in total. The van der Waals surface area contributed by atoms with Gasteiger partial charge in [0.05, 0.1) is 6.54 Å². The molecule has 2 rings (SSSR count). The largest absolute Gasteiger partial charge is 0.321 e. The first kappa shape index (κ1) is 16.0. The molecule has 1 aromatic carbocycles. The summed E-state index contributed by atoms with van der Waals surface area (Å²) >= 11 is 0. The van der Waals surface area contributed by atoms with Crippen LogP contribution in [0.5, 0.6) is 0 Å². The second-order valence-corrected chi connectivity index (χ2v) is 7.12. The molecule has 0 aromatic heterocycles. The van der Waals surface area contributed by atoms with E-state index >= 15 is 0 Å². The summed E-state index contributed by atoms with van der Waals surface area (Å²) in [6.07, 6.45) is -0.00108. The molecule has 1 saturated heterocycles. The van der Waals surface area contributed by atoms with Crippen molar-refractivity contribution in [1.82, 2.24) is 15.1 Å². The SMILES string of the molecule is Cc1cccc(C2NCC(=O)N2CC(C)(C)CN(C)C)c1. The Balaban J connectivity index is 2.17. The Morgan fingerprint density at radius 1 is 1.38 bits per heavy atom. The van der Waals surface area contributed by atoms with Crippen molar-refractivity contribution in [2.45, 2.75) is 26.9 Å². The number of hydrogen-bond donors (Lipinski definition) is 1. The molecule has 1 aliphatic heterocycles. The molecule has 1 amide bonds. The lowest BCUT2D eigenvalue weighted by Crippen LogP contribution is -2.42. The number of nitrogens with one attached hydrogen (secondary N) is 1. The van der Waals surface area contributed by atoms with Crippen LogP contribution in [0.1, 0.15) is 31.1 Å². The second-order valence-electron chi connectivity index (χ2n) is 7.12. The van der Waals surface area contributed by atoms with Crippen molar-refractivity contribution < 1.29 is 4.79 Å². The van der Waals surface area contributed by atoms with Gasteiger partial charge in [-0.15, -0.1) is 0 Å². The molecule has 1 atom stereocenters. The third-order valence-electron chi connectivity index (χ3n) is 3.78. The summed E-state index contributed by atoms with van der Waals surface area (Å²) in [5.41, 5.74) is 2.45. The number of benzene rings is 1. The van der Waals surface area contributed by atoms with Gasteiger partial charge in [-0.05, 0) is 32.0 Å². The molecule has 4 nitrogen and oxygen atoms in total. The van der Waals surface area contributed by atoms with E-state index in [2.05, 4.69) is 69.3 Å². The van der Waals surface area contributed by atoms with Gasteiger partial charge in [-0.2, -0.15) is 0 Å². The molecule has 4 heteroatoms. The highest BCUT2D eigenvalue weighted by molar-refractivity contribution is 5.81. The van der Waals surface area contributed by atoms with E-state index in [1.54, 1.807) is 0 Å². The first-order valence-electron chi connectivity index (χ1n) is 7.53. The zero-order chi connectivity index (χ0) is 15.6. The number of aryl methyl sites for hydroxylation is 1. The Labute approximate surface area is 128 Å². The summed E-state index contributed by atoms with van der Waals surface area (Å²) in [6, 6.07) is 8.39. The van der Waals surface area contributed by atoms with Crippen molar-refractivity contribution in [3.05, 3.63) is 35.4 Å². The summed E-state index contributed by atoms with van der Waals surface area (Å²) in [7, 11) is 4.15. The third-order valence-corrected chi connectivity index (χ3v) is 3.78. The summed E-state index contributed by atoms with van der Waals surface area (Å²) in [5.74, 6) is 0.188. The summed E-state index contributed by atoms with van der Waals surface area (Å²) in [4.78, 5) is 16.4. The number of carbonyl (C=O) groups excluding carboxylic acids is 1. The van der Waals surface area contributed by atoms with Gasteiger partial charge in [0.25, 0.3) is 0 Å². The quantitative estimate of drug-likeness (QED) is 0.901. The predicted molar refractivity (Wildman–Crippen MR) is 86.0 cm³/mol. The zero-order valence-electron chi connectivity index (χ0n) is 13.8. The smallest absolute Gasteiger partial charge is 0.238 e. The van der Waals surface area contributed by atoms with E-state index in [1.165, 1.54) is 11.1 Å². The normalized spacial score (nSPS) is 19.6. The van der Waals surface area contributed by atoms with Gasteiger partial charge in [0, 0.05) is 13.1 Å². The van der Waals surface area contributed by atoms with Crippen molar-refractivity contribution in [3.63, 3.8) is 0 Å². The van der Waals surface area contributed by atoms with E-state index in [0.29, 0.717) is 6.54 Å². The Bertz CT molecular complexity index is 511. The van der Waals surface area contributed by atoms with Gasteiger partial charge < -0.3 is 9.80 Å². The monoisotopic (exact) mass is 289 g/mol. The van der Waals surface area contributed by atoms with Crippen molar-refractivity contribution in [3.8, 4) is 0 Å². The summed E-state index contributed by atoms with van der Waals surface area (Å²) in [5, 5.41) is 3.34. The van der Waals surface area contributed by atoms with E-state index in [9.17, 15) is 4.79 Å². The van der Waals surface area contributed by atoms with Gasteiger partial charge in [0.15, 0.2) is 0 Å². The molecule has 0 bridgehead atoms. The highest BCUT2D eigenvalue weighted by Crippen LogP contribution is 2.28. The number of carbonyl (C=O) groups is 1. The van der Waals surface area contributed by atoms with Gasteiger partial charge in [0.2, 0.25) is 5.91 Å². The minimum absolute atomic E-state index is 0.00108. The molecule has 0 radical (unpaired) electrons. The van der Waals surface area contributed by atoms with Crippen LogP contribution in [-0.4, -0.2) is 49.4 Å². The second kappa shape index (κ2) is 6.16. The van der Waals surface area contributed by atoms with Crippen LogP contribution in [-0.2, 0) is 4.79 Å². The molecular formula is C17H27N3O. The van der Waals surface area contributed by atoms with Gasteiger partial charge in [-0.3, -0.25) is 10.1 Å². The van der Waals surface area contributed by atoms with Gasteiger partial charge >= 0.3 is 0 Å². The fourth-order valence-electron chi connectivity index (χ4n) is 3.22. The highest BCUT2D eigenvalue weighted by atomic mass is 16.2. The van der Waals surface area contributed by atoms with Crippen LogP contribution in [0.3, 0.4) is 0 Å². The van der Waals surface area contributed by atoms with E-state index < -0.39 is 0 Å².